The Bertz CT molecular complexity index is 463. The second-order valence-electron chi connectivity index (χ2n) is 6.65. The lowest BCUT2D eigenvalue weighted by Crippen LogP contribution is -2.46. The van der Waals surface area contributed by atoms with E-state index in [9.17, 15) is 4.79 Å². The maximum absolute atomic E-state index is 12.7. The maximum atomic E-state index is 12.7. The van der Waals surface area contributed by atoms with Gasteiger partial charge in [-0.25, -0.2) is 0 Å². The number of thiophene rings is 1. The lowest BCUT2D eigenvalue weighted by molar-refractivity contribution is -0.124. The van der Waals surface area contributed by atoms with Crippen LogP contribution in [-0.2, 0) is 11.2 Å². The van der Waals surface area contributed by atoms with E-state index in [1.54, 1.807) is 11.3 Å². The lowest BCUT2D eigenvalue weighted by Gasteiger charge is -2.33. The number of halogens is 1. The highest BCUT2D eigenvalue weighted by molar-refractivity contribution is 9.09. The Morgan fingerprint density at radius 2 is 2.30 bits per heavy atom. The Morgan fingerprint density at radius 1 is 1.55 bits per heavy atom. The fourth-order valence-electron chi connectivity index (χ4n) is 2.86. The zero-order valence-corrected chi connectivity index (χ0v) is 14.9. The second kappa shape index (κ2) is 6.61. The minimum atomic E-state index is 0.0603. The van der Waals surface area contributed by atoms with Crippen molar-refractivity contribution in [2.45, 2.75) is 58.4 Å². The molecule has 0 radical (unpaired) electrons. The van der Waals surface area contributed by atoms with E-state index in [0.717, 1.165) is 31.0 Å². The molecule has 2 nitrogen and oxygen atoms in total. The Hall–Kier alpha value is -0.350. The first-order valence-electron chi connectivity index (χ1n) is 7.36. The molecule has 1 aliphatic rings. The van der Waals surface area contributed by atoms with Crippen LogP contribution >= 0.6 is 27.3 Å². The van der Waals surface area contributed by atoms with Gasteiger partial charge < -0.3 is 5.32 Å². The first-order valence-corrected chi connectivity index (χ1v) is 9.36. The van der Waals surface area contributed by atoms with Crippen LogP contribution in [0.5, 0.6) is 0 Å². The van der Waals surface area contributed by atoms with Crippen LogP contribution in [0.25, 0.3) is 0 Å². The van der Waals surface area contributed by atoms with Crippen LogP contribution in [0, 0.1) is 5.41 Å². The minimum Gasteiger partial charge on any atom is -0.352 e. The summed E-state index contributed by atoms with van der Waals surface area (Å²) in [5.74, 6) is 0.274. The number of rotatable bonds is 4. The molecule has 0 saturated carbocycles. The molecule has 0 bridgehead atoms. The van der Waals surface area contributed by atoms with Crippen molar-refractivity contribution in [1.82, 2.24) is 5.32 Å². The minimum absolute atomic E-state index is 0.0603. The number of aryl methyl sites for hydroxylation is 1. The lowest BCUT2D eigenvalue weighted by atomic mass is 9.83. The highest BCUT2D eigenvalue weighted by atomic mass is 79.9. The van der Waals surface area contributed by atoms with Gasteiger partial charge in [-0.2, -0.15) is 0 Å². The molecule has 1 amide bonds. The summed E-state index contributed by atoms with van der Waals surface area (Å²) >= 11 is 5.29. The fourth-order valence-corrected chi connectivity index (χ4v) is 4.31. The topological polar surface area (TPSA) is 29.1 Å². The molecule has 1 aliphatic carbocycles. The predicted octanol–water partition coefficient (Wildman–Crippen LogP) is 4.48. The summed E-state index contributed by atoms with van der Waals surface area (Å²) in [7, 11) is 0. The molecule has 0 spiro atoms. The second-order valence-corrected chi connectivity index (χ2v) is 8.44. The smallest absolute Gasteiger partial charge is 0.227 e. The van der Waals surface area contributed by atoms with Gasteiger partial charge in [0, 0.05) is 16.2 Å². The van der Waals surface area contributed by atoms with Gasteiger partial charge in [-0.05, 0) is 48.1 Å². The Kier molecular flexibility index (Phi) is 5.30. The average Bonchev–Trinajstić information content (AvgIpc) is 2.84. The molecule has 20 heavy (non-hydrogen) atoms. The van der Waals surface area contributed by atoms with Gasteiger partial charge in [-0.3, -0.25) is 4.79 Å². The zero-order chi connectivity index (χ0) is 14.8. The number of carbonyl (C=O) groups is 1. The molecule has 2 atom stereocenters. The van der Waals surface area contributed by atoms with Crippen molar-refractivity contribution < 1.29 is 4.79 Å². The van der Waals surface area contributed by atoms with Crippen LogP contribution in [0.1, 0.15) is 56.4 Å². The Balaban J connectivity index is 2.09. The van der Waals surface area contributed by atoms with E-state index in [1.165, 1.54) is 10.4 Å². The van der Waals surface area contributed by atoms with Crippen LogP contribution in [0.3, 0.4) is 0 Å². The van der Waals surface area contributed by atoms with Crippen molar-refractivity contribution in [3.05, 3.63) is 21.9 Å². The van der Waals surface area contributed by atoms with Gasteiger partial charge in [0.2, 0.25) is 5.91 Å². The molecule has 1 heterocycles. The van der Waals surface area contributed by atoms with E-state index in [1.807, 2.05) is 0 Å². The fraction of sp³-hybridized carbons (Fsp3) is 0.688. The van der Waals surface area contributed by atoms with E-state index in [-0.39, 0.29) is 23.3 Å². The molecule has 1 aromatic rings. The number of nitrogens with one attached hydrogen (secondary N) is 1. The molecule has 2 rings (SSSR count). The van der Waals surface area contributed by atoms with Crippen LogP contribution in [0.15, 0.2) is 11.4 Å². The molecule has 112 valence electrons. The van der Waals surface area contributed by atoms with Gasteiger partial charge in [0.15, 0.2) is 0 Å². The molecule has 4 heteroatoms. The number of carbonyl (C=O) groups excluding carboxylic acids is 1. The van der Waals surface area contributed by atoms with Gasteiger partial charge >= 0.3 is 0 Å². The van der Waals surface area contributed by atoms with Crippen molar-refractivity contribution >= 4 is 33.2 Å². The van der Waals surface area contributed by atoms with Gasteiger partial charge in [0.05, 0.1) is 5.92 Å². The van der Waals surface area contributed by atoms with Gasteiger partial charge in [-0.1, -0.05) is 36.7 Å². The molecule has 1 N–H and O–H groups in total. The van der Waals surface area contributed by atoms with Gasteiger partial charge in [-0.15, -0.1) is 11.3 Å². The highest BCUT2D eigenvalue weighted by Gasteiger charge is 2.31. The van der Waals surface area contributed by atoms with E-state index in [0.29, 0.717) is 0 Å². The highest BCUT2D eigenvalue weighted by Crippen LogP contribution is 2.35. The summed E-state index contributed by atoms with van der Waals surface area (Å²) in [5, 5.41) is 6.34. The third kappa shape index (κ3) is 3.64. The molecule has 2 unspecified atom stereocenters. The SMILES string of the molecule is CC(C)(C)C(CCBr)NC(=O)C1CCCc2sccc21. The van der Waals surface area contributed by atoms with Crippen molar-refractivity contribution in [3.63, 3.8) is 0 Å². The summed E-state index contributed by atoms with van der Waals surface area (Å²) in [6.07, 6.45) is 4.23. The third-order valence-corrected chi connectivity index (χ3v) is 5.58. The molecule has 0 aromatic carbocycles. The summed E-state index contributed by atoms with van der Waals surface area (Å²) in [6.45, 7) is 6.58. The number of amides is 1. The van der Waals surface area contributed by atoms with Crippen molar-refractivity contribution in [3.8, 4) is 0 Å². The maximum Gasteiger partial charge on any atom is 0.227 e. The molecule has 0 saturated heterocycles. The van der Waals surface area contributed by atoms with E-state index in [4.69, 9.17) is 0 Å². The van der Waals surface area contributed by atoms with E-state index in [2.05, 4.69) is 53.5 Å². The number of alkyl halides is 1. The molecule has 1 aromatic heterocycles. The van der Waals surface area contributed by atoms with Crippen molar-refractivity contribution in [1.29, 1.82) is 0 Å². The summed E-state index contributed by atoms with van der Waals surface area (Å²) in [6, 6.07) is 2.36. The largest absolute Gasteiger partial charge is 0.352 e. The molecule has 0 fully saturated rings. The summed E-state index contributed by atoms with van der Waals surface area (Å²) < 4.78 is 0. The van der Waals surface area contributed by atoms with E-state index >= 15 is 0 Å². The van der Waals surface area contributed by atoms with Crippen LogP contribution in [0.4, 0.5) is 0 Å². The summed E-state index contributed by atoms with van der Waals surface area (Å²) in [5.41, 5.74) is 1.36. The Morgan fingerprint density at radius 3 is 2.95 bits per heavy atom. The molecular weight excluding hydrogens is 334 g/mol. The normalized spacial score (nSPS) is 20.3. The van der Waals surface area contributed by atoms with Crippen LogP contribution in [-0.4, -0.2) is 17.3 Å². The number of hydrogen-bond acceptors (Lipinski definition) is 2. The predicted molar refractivity (Wildman–Crippen MR) is 89.8 cm³/mol. The molecular formula is C16H24BrNOS. The zero-order valence-electron chi connectivity index (χ0n) is 12.5. The van der Waals surface area contributed by atoms with Crippen molar-refractivity contribution in [2.75, 3.05) is 5.33 Å². The number of fused-ring (bicyclic) bond motifs is 1. The van der Waals surface area contributed by atoms with Crippen LogP contribution < -0.4 is 5.32 Å². The van der Waals surface area contributed by atoms with Crippen LogP contribution in [0.2, 0.25) is 0 Å². The molecule has 0 aliphatic heterocycles. The van der Waals surface area contributed by atoms with E-state index < -0.39 is 0 Å². The van der Waals surface area contributed by atoms with Gasteiger partial charge in [0.25, 0.3) is 0 Å². The summed E-state index contributed by atoms with van der Waals surface area (Å²) in [4.78, 5) is 14.1. The monoisotopic (exact) mass is 357 g/mol. The first-order chi connectivity index (χ1) is 9.43. The first kappa shape index (κ1) is 16.0. The quantitative estimate of drug-likeness (QED) is 0.790. The number of hydrogen-bond donors (Lipinski definition) is 1. The standard InChI is InChI=1S/C16H24BrNOS/c1-16(2,3)14(7-9-17)18-15(19)12-5-4-6-13-11(12)8-10-20-13/h8,10,12,14H,4-7,9H2,1-3H3,(H,18,19). The van der Waals surface area contributed by atoms with Crippen molar-refractivity contribution in [2.24, 2.45) is 5.41 Å². The van der Waals surface area contributed by atoms with Gasteiger partial charge in [0.1, 0.15) is 0 Å². The Labute approximate surface area is 134 Å². The third-order valence-electron chi connectivity index (χ3n) is 4.13. The average molecular weight is 358 g/mol.